The summed E-state index contributed by atoms with van der Waals surface area (Å²) in [6.45, 7) is 2.11. The molecule has 3 heteroatoms. The van der Waals surface area contributed by atoms with Crippen LogP contribution in [0.4, 0.5) is 0 Å². The summed E-state index contributed by atoms with van der Waals surface area (Å²) in [6, 6.07) is 14.3. The molecule has 18 heavy (non-hydrogen) atoms. The number of benzene rings is 2. The van der Waals surface area contributed by atoms with E-state index < -0.39 is 0 Å². The molecule has 90 valence electrons. The second-order valence-electron chi connectivity index (χ2n) is 4.17. The summed E-state index contributed by atoms with van der Waals surface area (Å²) in [5.74, 6) is 0.877. The maximum Gasteiger partial charge on any atom is 0.124 e. The Labute approximate surface area is 110 Å². The average molecular weight is 255 g/mol. The molecule has 3 aromatic rings. The molecule has 0 bridgehead atoms. The van der Waals surface area contributed by atoms with Gasteiger partial charge in [-0.05, 0) is 30.7 Å². The highest BCUT2D eigenvalue weighted by Crippen LogP contribution is 2.33. The molecule has 0 radical (unpaired) electrons. The van der Waals surface area contributed by atoms with E-state index in [0.717, 1.165) is 21.0 Å². The highest BCUT2D eigenvalue weighted by molar-refractivity contribution is 7.21. The zero-order valence-corrected chi connectivity index (χ0v) is 11.1. The van der Waals surface area contributed by atoms with Gasteiger partial charge in [0.1, 0.15) is 10.8 Å². The summed E-state index contributed by atoms with van der Waals surface area (Å²) >= 11 is 1.70. The Morgan fingerprint density at radius 1 is 1.11 bits per heavy atom. The van der Waals surface area contributed by atoms with Crippen molar-refractivity contribution in [3.63, 3.8) is 0 Å². The van der Waals surface area contributed by atoms with Gasteiger partial charge in [0, 0.05) is 5.56 Å². The summed E-state index contributed by atoms with van der Waals surface area (Å²) in [5.41, 5.74) is 3.49. The predicted molar refractivity (Wildman–Crippen MR) is 76.3 cm³/mol. The number of hydrogen-bond donors (Lipinski definition) is 0. The maximum atomic E-state index is 5.24. The molecule has 0 saturated heterocycles. The van der Waals surface area contributed by atoms with Crippen molar-refractivity contribution in [1.29, 1.82) is 0 Å². The molecule has 1 aromatic heterocycles. The third kappa shape index (κ3) is 1.87. The lowest BCUT2D eigenvalue weighted by Gasteiger charge is -1.99. The van der Waals surface area contributed by atoms with Crippen LogP contribution in [-0.2, 0) is 0 Å². The van der Waals surface area contributed by atoms with Crippen LogP contribution >= 0.6 is 11.3 Å². The Morgan fingerprint density at radius 2 is 1.94 bits per heavy atom. The van der Waals surface area contributed by atoms with Crippen LogP contribution in [0, 0.1) is 6.92 Å². The third-order valence-corrected chi connectivity index (χ3v) is 4.02. The Hall–Kier alpha value is -1.87. The Balaban J connectivity index is 2.17. The Morgan fingerprint density at radius 3 is 2.72 bits per heavy atom. The molecule has 0 aliphatic carbocycles. The van der Waals surface area contributed by atoms with Crippen molar-refractivity contribution >= 4 is 21.6 Å². The van der Waals surface area contributed by atoms with Crippen LogP contribution in [0.25, 0.3) is 20.8 Å². The quantitative estimate of drug-likeness (QED) is 0.682. The van der Waals surface area contributed by atoms with Crippen molar-refractivity contribution in [1.82, 2.24) is 4.98 Å². The minimum absolute atomic E-state index is 0.877. The van der Waals surface area contributed by atoms with Gasteiger partial charge in [0.15, 0.2) is 0 Å². The van der Waals surface area contributed by atoms with Gasteiger partial charge in [-0.25, -0.2) is 4.98 Å². The second kappa shape index (κ2) is 4.42. The lowest BCUT2D eigenvalue weighted by molar-refractivity contribution is 0.415. The molecular formula is C15H13NOS. The van der Waals surface area contributed by atoms with Gasteiger partial charge < -0.3 is 4.74 Å². The number of ether oxygens (including phenoxy) is 1. The summed E-state index contributed by atoms with van der Waals surface area (Å²) in [7, 11) is 1.68. The van der Waals surface area contributed by atoms with Crippen LogP contribution < -0.4 is 4.74 Å². The minimum Gasteiger partial charge on any atom is -0.497 e. The van der Waals surface area contributed by atoms with Gasteiger partial charge in [0.2, 0.25) is 0 Å². The first-order valence-corrected chi connectivity index (χ1v) is 6.60. The Kier molecular flexibility index (Phi) is 2.76. The van der Waals surface area contributed by atoms with E-state index in [1.54, 1.807) is 18.4 Å². The summed E-state index contributed by atoms with van der Waals surface area (Å²) in [6.07, 6.45) is 0. The lowest BCUT2D eigenvalue weighted by atomic mass is 10.1. The van der Waals surface area contributed by atoms with Crippen LogP contribution in [0.3, 0.4) is 0 Å². The van der Waals surface area contributed by atoms with Crippen molar-refractivity contribution in [2.75, 3.05) is 7.11 Å². The van der Waals surface area contributed by atoms with E-state index >= 15 is 0 Å². The molecule has 0 spiro atoms. The number of hydrogen-bond acceptors (Lipinski definition) is 3. The maximum absolute atomic E-state index is 5.24. The molecule has 0 saturated carbocycles. The SMILES string of the molecule is COc1ccc2nc(-c3ccccc3C)sc2c1. The number of fused-ring (bicyclic) bond motifs is 1. The van der Waals surface area contributed by atoms with Crippen molar-refractivity contribution in [3.05, 3.63) is 48.0 Å². The van der Waals surface area contributed by atoms with E-state index in [9.17, 15) is 0 Å². The molecule has 0 atom stereocenters. The van der Waals surface area contributed by atoms with Gasteiger partial charge in [0.25, 0.3) is 0 Å². The van der Waals surface area contributed by atoms with Crippen LogP contribution in [0.2, 0.25) is 0 Å². The zero-order chi connectivity index (χ0) is 12.5. The number of aromatic nitrogens is 1. The molecule has 0 fully saturated rings. The average Bonchev–Trinajstić information content (AvgIpc) is 2.81. The van der Waals surface area contributed by atoms with E-state index in [1.807, 2.05) is 18.2 Å². The normalized spacial score (nSPS) is 10.8. The molecule has 0 amide bonds. The van der Waals surface area contributed by atoms with Crippen LogP contribution in [0.15, 0.2) is 42.5 Å². The molecule has 3 rings (SSSR count). The highest BCUT2D eigenvalue weighted by Gasteiger charge is 2.08. The van der Waals surface area contributed by atoms with Gasteiger partial charge in [-0.1, -0.05) is 24.3 Å². The largest absolute Gasteiger partial charge is 0.497 e. The third-order valence-electron chi connectivity index (χ3n) is 2.97. The van der Waals surface area contributed by atoms with Crippen molar-refractivity contribution < 1.29 is 4.74 Å². The molecule has 2 aromatic carbocycles. The van der Waals surface area contributed by atoms with Gasteiger partial charge in [0.05, 0.1) is 17.3 Å². The fourth-order valence-corrected chi connectivity index (χ4v) is 3.04. The van der Waals surface area contributed by atoms with E-state index in [4.69, 9.17) is 4.74 Å². The summed E-state index contributed by atoms with van der Waals surface area (Å²) in [4.78, 5) is 4.68. The van der Waals surface area contributed by atoms with Gasteiger partial charge in [-0.2, -0.15) is 0 Å². The van der Waals surface area contributed by atoms with Crippen molar-refractivity contribution in [3.8, 4) is 16.3 Å². The monoisotopic (exact) mass is 255 g/mol. The van der Waals surface area contributed by atoms with Crippen LogP contribution in [0.1, 0.15) is 5.56 Å². The molecular weight excluding hydrogens is 242 g/mol. The van der Waals surface area contributed by atoms with E-state index in [1.165, 1.54) is 11.1 Å². The van der Waals surface area contributed by atoms with Gasteiger partial charge in [-0.15, -0.1) is 11.3 Å². The van der Waals surface area contributed by atoms with Crippen LogP contribution in [0.5, 0.6) is 5.75 Å². The molecule has 0 aliphatic heterocycles. The Bertz CT molecular complexity index is 703. The highest BCUT2D eigenvalue weighted by atomic mass is 32.1. The minimum atomic E-state index is 0.877. The number of methoxy groups -OCH3 is 1. The first-order valence-electron chi connectivity index (χ1n) is 5.78. The molecule has 0 N–H and O–H groups in total. The fourth-order valence-electron chi connectivity index (χ4n) is 1.96. The predicted octanol–water partition coefficient (Wildman–Crippen LogP) is 4.28. The standard InChI is InChI=1S/C15H13NOS/c1-10-5-3-4-6-12(10)15-16-13-8-7-11(17-2)9-14(13)18-15/h3-9H,1-2H3. The molecule has 2 nitrogen and oxygen atoms in total. The summed E-state index contributed by atoms with van der Waals surface area (Å²) < 4.78 is 6.40. The first kappa shape index (κ1) is 11.2. The molecule has 1 heterocycles. The first-order chi connectivity index (χ1) is 8.78. The molecule has 0 unspecified atom stereocenters. The van der Waals surface area contributed by atoms with E-state index in [2.05, 4.69) is 36.2 Å². The van der Waals surface area contributed by atoms with Crippen molar-refractivity contribution in [2.45, 2.75) is 6.92 Å². The number of thiazole rings is 1. The smallest absolute Gasteiger partial charge is 0.124 e. The number of nitrogens with zero attached hydrogens (tertiary/aromatic N) is 1. The lowest BCUT2D eigenvalue weighted by Crippen LogP contribution is -1.81. The van der Waals surface area contributed by atoms with E-state index in [0.29, 0.717) is 0 Å². The second-order valence-corrected chi connectivity index (χ2v) is 5.20. The van der Waals surface area contributed by atoms with Gasteiger partial charge in [-0.3, -0.25) is 0 Å². The molecule has 0 aliphatic rings. The topological polar surface area (TPSA) is 22.1 Å². The number of rotatable bonds is 2. The van der Waals surface area contributed by atoms with E-state index in [-0.39, 0.29) is 0 Å². The van der Waals surface area contributed by atoms with Crippen LogP contribution in [-0.4, -0.2) is 12.1 Å². The summed E-state index contributed by atoms with van der Waals surface area (Å²) in [5, 5.41) is 1.07. The van der Waals surface area contributed by atoms with Gasteiger partial charge >= 0.3 is 0 Å². The van der Waals surface area contributed by atoms with Crippen molar-refractivity contribution in [2.24, 2.45) is 0 Å². The number of aryl methyl sites for hydroxylation is 1. The fraction of sp³-hybridized carbons (Fsp3) is 0.133. The zero-order valence-electron chi connectivity index (χ0n) is 10.3.